The first-order valence-corrected chi connectivity index (χ1v) is 6.51. The summed E-state index contributed by atoms with van der Waals surface area (Å²) in [7, 11) is 0. The minimum Gasteiger partial charge on any atom is -0.508 e. The fraction of sp³-hybridized carbons (Fsp3) is 0.533. The number of benzene rings is 1. The number of hydrogen-bond donors (Lipinski definition) is 1. The molecule has 1 N–H and O–H groups in total. The summed E-state index contributed by atoms with van der Waals surface area (Å²) in [6.45, 7) is 8.58. The van der Waals surface area contributed by atoms with Crippen molar-refractivity contribution in [3.8, 4) is 5.75 Å². The Bertz CT molecular complexity index is 270. The van der Waals surface area contributed by atoms with Crippen LogP contribution in [0.1, 0.15) is 47.0 Å². The minimum absolute atomic E-state index is 0.105. The fourth-order valence-corrected chi connectivity index (χ4v) is 0.746. The van der Waals surface area contributed by atoms with Crippen molar-refractivity contribution in [1.29, 1.82) is 0 Å². The lowest BCUT2D eigenvalue weighted by atomic mass is 10.3. The van der Waals surface area contributed by atoms with Crippen LogP contribution in [0.15, 0.2) is 30.3 Å². The molecule has 0 aliphatic heterocycles. The Morgan fingerprint density at radius 1 is 1.11 bits per heavy atom. The molecular formula is C15H26O3. The smallest absolute Gasteiger partial charge is 0.305 e. The van der Waals surface area contributed by atoms with Crippen LogP contribution in [0.3, 0.4) is 0 Å². The lowest BCUT2D eigenvalue weighted by molar-refractivity contribution is -0.143. The van der Waals surface area contributed by atoms with Crippen LogP contribution >= 0.6 is 0 Å². The molecule has 3 nitrogen and oxygen atoms in total. The first kappa shape index (κ1) is 18.8. The summed E-state index contributed by atoms with van der Waals surface area (Å²) in [5.41, 5.74) is 0. The normalized spacial score (nSPS) is 8.22. The number of carbonyl (C=O) groups is 1. The average Bonchev–Trinajstić information content (AvgIpc) is 2.38. The van der Waals surface area contributed by atoms with Crippen LogP contribution in [0.2, 0.25) is 0 Å². The highest BCUT2D eigenvalue weighted by molar-refractivity contribution is 5.68. The standard InChI is InChI=1S/C6H12O2.C6H6O.C3H8/c1-3-5-8-6(7)4-2;7-6-4-2-1-3-5-6;1-3-2/h3-5H2,1-2H3;1-5,7H;3H2,1-2H3. The van der Waals surface area contributed by atoms with Crippen molar-refractivity contribution in [2.24, 2.45) is 0 Å². The van der Waals surface area contributed by atoms with E-state index in [4.69, 9.17) is 9.84 Å². The molecule has 0 aromatic heterocycles. The Morgan fingerprint density at radius 2 is 1.61 bits per heavy atom. The number of para-hydroxylation sites is 1. The van der Waals surface area contributed by atoms with Gasteiger partial charge in [-0.1, -0.05) is 52.3 Å². The van der Waals surface area contributed by atoms with Gasteiger partial charge in [0.15, 0.2) is 0 Å². The summed E-state index contributed by atoms with van der Waals surface area (Å²) in [6.07, 6.45) is 2.64. The maximum absolute atomic E-state index is 10.3. The third-order valence-electron chi connectivity index (χ3n) is 1.51. The summed E-state index contributed by atoms with van der Waals surface area (Å²) in [4.78, 5) is 10.3. The first-order valence-electron chi connectivity index (χ1n) is 6.51. The summed E-state index contributed by atoms with van der Waals surface area (Å²) < 4.78 is 4.70. The Kier molecular flexibility index (Phi) is 16.2. The fourth-order valence-electron chi connectivity index (χ4n) is 0.746. The van der Waals surface area contributed by atoms with Gasteiger partial charge < -0.3 is 9.84 Å². The van der Waals surface area contributed by atoms with E-state index >= 15 is 0 Å². The molecule has 0 atom stereocenters. The second kappa shape index (κ2) is 15.5. The molecule has 0 saturated heterocycles. The van der Waals surface area contributed by atoms with Crippen LogP contribution in [-0.2, 0) is 9.53 Å². The third kappa shape index (κ3) is 16.9. The first-order chi connectivity index (χ1) is 8.62. The van der Waals surface area contributed by atoms with Gasteiger partial charge in [0.05, 0.1) is 6.61 Å². The zero-order chi connectivity index (χ0) is 14.2. The molecule has 18 heavy (non-hydrogen) atoms. The molecule has 1 aromatic rings. The van der Waals surface area contributed by atoms with Gasteiger partial charge >= 0.3 is 5.97 Å². The largest absolute Gasteiger partial charge is 0.508 e. The molecule has 0 heterocycles. The van der Waals surface area contributed by atoms with Gasteiger partial charge in [0.2, 0.25) is 0 Å². The van der Waals surface area contributed by atoms with Gasteiger partial charge in [0.25, 0.3) is 0 Å². The third-order valence-corrected chi connectivity index (χ3v) is 1.51. The van der Waals surface area contributed by atoms with Gasteiger partial charge in [-0.25, -0.2) is 0 Å². The second-order valence-corrected chi connectivity index (χ2v) is 3.62. The van der Waals surface area contributed by atoms with Crippen molar-refractivity contribution < 1.29 is 14.6 Å². The van der Waals surface area contributed by atoms with Crippen molar-refractivity contribution >= 4 is 5.97 Å². The lowest BCUT2D eigenvalue weighted by Crippen LogP contribution is -2.02. The second-order valence-electron chi connectivity index (χ2n) is 3.62. The highest BCUT2D eigenvalue weighted by atomic mass is 16.5. The van der Waals surface area contributed by atoms with E-state index in [1.165, 1.54) is 6.42 Å². The molecule has 0 amide bonds. The van der Waals surface area contributed by atoms with E-state index in [0.29, 0.717) is 18.8 Å². The summed E-state index contributed by atoms with van der Waals surface area (Å²) in [5.74, 6) is 0.217. The van der Waals surface area contributed by atoms with Gasteiger partial charge in [-0.05, 0) is 18.6 Å². The van der Waals surface area contributed by atoms with Crippen molar-refractivity contribution in [3.63, 3.8) is 0 Å². The monoisotopic (exact) mass is 254 g/mol. The van der Waals surface area contributed by atoms with E-state index in [9.17, 15) is 4.79 Å². The maximum atomic E-state index is 10.3. The number of rotatable bonds is 3. The Hall–Kier alpha value is -1.51. The van der Waals surface area contributed by atoms with Crippen molar-refractivity contribution in [2.45, 2.75) is 47.0 Å². The topological polar surface area (TPSA) is 46.5 Å². The van der Waals surface area contributed by atoms with Crippen LogP contribution < -0.4 is 0 Å². The number of esters is 1. The summed E-state index contributed by atoms with van der Waals surface area (Å²) in [6, 6.07) is 8.71. The van der Waals surface area contributed by atoms with Crippen molar-refractivity contribution in [3.05, 3.63) is 30.3 Å². The molecule has 0 fully saturated rings. The summed E-state index contributed by atoms with van der Waals surface area (Å²) >= 11 is 0. The molecule has 0 aliphatic carbocycles. The molecule has 104 valence electrons. The van der Waals surface area contributed by atoms with Crippen LogP contribution in [-0.4, -0.2) is 17.7 Å². The maximum Gasteiger partial charge on any atom is 0.305 e. The Labute approximate surface area is 111 Å². The van der Waals surface area contributed by atoms with Gasteiger partial charge in [-0.3, -0.25) is 4.79 Å². The van der Waals surface area contributed by atoms with Crippen molar-refractivity contribution in [1.82, 2.24) is 0 Å². The quantitative estimate of drug-likeness (QED) is 0.824. The zero-order valence-electron chi connectivity index (χ0n) is 12.0. The Balaban J connectivity index is 0. The van der Waals surface area contributed by atoms with E-state index in [1.807, 2.05) is 13.0 Å². The number of hydrogen-bond acceptors (Lipinski definition) is 3. The SMILES string of the molecule is CCC.CCCOC(=O)CC.Oc1ccccc1. The van der Waals surface area contributed by atoms with Crippen molar-refractivity contribution in [2.75, 3.05) is 6.61 Å². The molecule has 0 bridgehead atoms. The van der Waals surface area contributed by atoms with Gasteiger partial charge in [0.1, 0.15) is 5.75 Å². The number of ether oxygens (including phenoxy) is 1. The number of carbonyl (C=O) groups excluding carboxylic acids is 1. The predicted molar refractivity (Wildman–Crippen MR) is 75.6 cm³/mol. The van der Waals surface area contributed by atoms with Crippen LogP contribution in [0.4, 0.5) is 0 Å². The van der Waals surface area contributed by atoms with Gasteiger partial charge in [0, 0.05) is 6.42 Å². The molecule has 1 aromatic carbocycles. The van der Waals surface area contributed by atoms with E-state index in [0.717, 1.165) is 6.42 Å². The van der Waals surface area contributed by atoms with Crippen LogP contribution in [0, 0.1) is 0 Å². The molecule has 0 aliphatic rings. The molecule has 0 unspecified atom stereocenters. The molecular weight excluding hydrogens is 228 g/mol. The lowest BCUT2D eigenvalue weighted by Gasteiger charge is -1.97. The molecule has 1 rings (SSSR count). The van der Waals surface area contributed by atoms with E-state index in [2.05, 4.69) is 13.8 Å². The van der Waals surface area contributed by atoms with Crippen LogP contribution in [0.5, 0.6) is 5.75 Å². The van der Waals surface area contributed by atoms with E-state index in [-0.39, 0.29) is 5.97 Å². The average molecular weight is 254 g/mol. The number of phenolic OH excluding ortho intramolecular Hbond substituents is 1. The molecule has 0 saturated carbocycles. The highest BCUT2D eigenvalue weighted by Crippen LogP contribution is 2.02. The van der Waals surface area contributed by atoms with Gasteiger partial charge in [-0.15, -0.1) is 0 Å². The van der Waals surface area contributed by atoms with E-state index < -0.39 is 0 Å². The highest BCUT2D eigenvalue weighted by Gasteiger charge is 1.93. The summed E-state index contributed by atoms with van der Waals surface area (Å²) in [5, 5.41) is 8.63. The predicted octanol–water partition coefficient (Wildman–Crippen LogP) is 4.16. The zero-order valence-corrected chi connectivity index (χ0v) is 12.0. The van der Waals surface area contributed by atoms with E-state index in [1.54, 1.807) is 31.2 Å². The minimum atomic E-state index is -0.105. The molecule has 3 heteroatoms. The number of phenols is 1. The van der Waals surface area contributed by atoms with Gasteiger partial charge in [-0.2, -0.15) is 0 Å². The molecule has 0 radical (unpaired) electrons. The Morgan fingerprint density at radius 3 is 1.89 bits per heavy atom. The number of aromatic hydroxyl groups is 1. The van der Waals surface area contributed by atoms with Crippen LogP contribution in [0.25, 0.3) is 0 Å². The molecule has 0 spiro atoms.